The number of fused-ring (bicyclic) bond motifs is 6. The lowest BCUT2D eigenvalue weighted by atomic mass is 9.95. The molecule has 0 N–H and O–H groups in total. The average molecular weight is 508 g/mol. The predicted octanol–water partition coefficient (Wildman–Crippen LogP) is 10.8. The number of hydrogen-bond donors (Lipinski definition) is 0. The Kier molecular flexibility index (Phi) is 4.69. The number of rotatable bonds is 2. The van der Waals surface area contributed by atoms with E-state index < -0.39 is 0 Å². The molecule has 0 aliphatic carbocycles. The van der Waals surface area contributed by atoms with E-state index in [0.29, 0.717) is 0 Å². The van der Waals surface area contributed by atoms with Gasteiger partial charge in [-0.3, -0.25) is 0 Å². The summed E-state index contributed by atoms with van der Waals surface area (Å²) in [5, 5.41) is 5.21. The van der Waals surface area contributed by atoms with Crippen LogP contribution >= 0.6 is 23.1 Å². The minimum atomic E-state index is 1.21. The summed E-state index contributed by atoms with van der Waals surface area (Å²) >= 11 is 3.74. The first kappa shape index (κ1) is 21.1. The molecule has 0 bridgehead atoms. The van der Waals surface area contributed by atoms with Crippen molar-refractivity contribution in [2.24, 2.45) is 0 Å². The summed E-state index contributed by atoms with van der Waals surface area (Å²) in [6.45, 7) is 0. The quantitative estimate of drug-likeness (QED) is 0.229. The van der Waals surface area contributed by atoms with E-state index in [0.717, 1.165) is 0 Å². The summed E-state index contributed by atoms with van der Waals surface area (Å²) in [7, 11) is 0. The van der Waals surface area contributed by atoms with E-state index in [1.165, 1.54) is 68.9 Å². The molecule has 0 radical (unpaired) electrons. The number of benzene rings is 6. The molecule has 8 rings (SSSR count). The Morgan fingerprint density at radius 2 is 1.03 bits per heavy atom. The Morgan fingerprint density at radius 1 is 0.405 bits per heavy atom. The standard InChI is InChI=1S/C34H21NS2/c1-2-11-24-22(10-1)23(26-13-9-14-27-25-12-3-6-17-31(25)37-34(26)27)20-21-28(24)35-29-15-4-7-18-32(29)36-33-19-8-5-16-30(33)35/h1-21H. The maximum absolute atomic E-state index is 2.44. The van der Waals surface area contributed by atoms with Crippen molar-refractivity contribution >= 4 is 71.1 Å². The minimum absolute atomic E-state index is 1.21. The fourth-order valence-electron chi connectivity index (χ4n) is 5.64. The van der Waals surface area contributed by atoms with Gasteiger partial charge in [0.2, 0.25) is 0 Å². The summed E-state index contributed by atoms with van der Waals surface area (Å²) in [6.07, 6.45) is 0. The molecule has 0 saturated heterocycles. The van der Waals surface area contributed by atoms with E-state index in [4.69, 9.17) is 0 Å². The summed E-state index contributed by atoms with van der Waals surface area (Å²) in [4.78, 5) is 5.00. The SMILES string of the molecule is c1ccc2c(c1)Sc1ccccc1N2c1ccc(-c2cccc3c2sc2ccccc23)c2ccccc12. The van der Waals surface area contributed by atoms with Gasteiger partial charge in [-0.1, -0.05) is 103 Å². The van der Waals surface area contributed by atoms with Gasteiger partial charge >= 0.3 is 0 Å². The van der Waals surface area contributed by atoms with Crippen molar-refractivity contribution in [3.8, 4) is 11.1 Å². The van der Waals surface area contributed by atoms with Crippen molar-refractivity contribution in [3.05, 3.63) is 127 Å². The van der Waals surface area contributed by atoms with Crippen molar-refractivity contribution < 1.29 is 0 Å². The minimum Gasteiger partial charge on any atom is -0.308 e. The number of nitrogens with zero attached hydrogens (tertiary/aromatic N) is 1. The van der Waals surface area contributed by atoms with E-state index in [2.05, 4.69) is 132 Å². The first-order valence-electron chi connectivity index (χ1n) is 12.5. The molecule has 0 spiro atoms. The summed E-state index contributed by atoms with van der Waals surface area (Å²) in [6, 6.07) is 46.4. The second-order valence-corrected chi connectivity index (χ2v) is 11.5. The van der Waals surface area contributed by atoms with Gasteiger partial charge in [-0.05, 0) is 47.3 Å². The number of hydrogen-bond acceptors (Lipinski definition) is 3. The molecule has 0 atom stereocenters. The van der Waals surface area contributed by atoms with Crippen LogP contribution in [0.25, 0.3) is 42.1 Å². The Morgan fingerprint density at radius 3 is 1.81 bits per heavy atom. The van der Waals surface area contributed by atoms with Gasteiger partial charge in [0.15, 0.2) is 0 Å². The normalized spacial score (nSPS) is 12.7. The van der Waals surface area contributed by atoms with Crippen molar-refractivity contribution in [3.63, 3.8) is 0 Å². The van der Waals surface area contributed by atoms with Crippen molar-refractivity contribution in [1.29, 1.82) is 0 Å². The van der Waals surface area contributed by atoms with E-state index in [9.17, 15) is 0 Å². The Bertz CT molecular complexity index is 1940. The lowest BCUT2D eigenvalue weighted by Crippen LogP contribution is -2.15. The highest BCUT2D eigenvalue weighted by Gasteiger charge is 2.26. The van der Waals surface area contributed by atoms with E-state index in [-0.39, 0.29) is 0 Å². The second-order valence-electron chi connectivity index (χ2n) is 9.33. The van der Waals surface area contributed by atoms with Crippen LogP contribution in [0.15, 0.2) is 137 Å². The first-order valence-corrected chi connectivity index (χ1v) is 14.1. The predicted molar refractivity (Wildman–Crippen MR) is 161 cm³/mol. The van der Waals surface area contributed by atoms with Crippen LogP contribution in [0.2, 0.25) is 0 Å². The molecule has 174 valence electrons. The number of thiophene rings is 1. The summed E-state index contributed by atoms with van der Waals surface area (Å²) < 4.78 is 2.69. The van der Waals surface area contributed by atoms with Gasteiger partial charge in [0.25, 0.3) is 0 Å². The third-order valence-corrected chi connectivity index (χ3v) is 9.62. The van der Waals surface area contributed by atoms with Crippen LogP contribution in [0, 0.1) is 0 Å². The van der Waals surface area contributed by atoms with Gasteiger partial charge in [-0.25, -0.2) is 0 Å². The maximum Gasteiger partial charge on any atom is 0.0601 e. The lowest BCUT2D eigenvalue weighted by Gasteiger charge is -2.33. The van der Waals surface area contributed by atoms with Gasteiger partial charge in [0.1, 0.15) is 0 Å². The Balaban J connectivity index is 1.40. The zero-order valence-corrected chi connectivity index (χ0v) is 21.5. The van der Waals surface area contributed by atoms with Crippen molar-refractivity contribution in [2.75, 3.05) is 4.90 Å². The topological polar surface area (TPSA) is 3.24 Å². The van der Waals surface area contributed by atoms with E-state index in [1.807, 2.05) is 23.1 Å². The van der Waals surface area contributed by atoms with Gasteiger partial charge < -0.3 is 4.90 Å². The zero-order valence-electron chi connectivity index (χ0n) is 19.9. The molecule has 0 fully saturated rings. The molecule has 1 nitrogen and oxygen atoms in total. The highest BCUT2D eigenvalue weighted by molar-refractivity contribution is 7.99. The molecular weight excluding hydrogens is 487 g/mol. The van der Waals surface area contributed by atoms with Gasteiger partial charge in [-0.15, -0.1) is 11.3 Å². The zero-order chi connectivity index (χ0) is 24.3. The highest BCUT2D eigenvalue weighted by Crippen LogP contribution is 2.53. The Labute approximate surface area is 223 Å². The highest BCUT2D eigenvalue weighted by atomic mass is 32.2. The molecular formula is C34H21NS2. The van der Waals surface area contributed by atoms with Crippen molar-refractivity contribution in [1.82, 2.24) is 0 Å². The van der Waals surface area contributed by atoms with Gasteiger partial charge in [0, 0.05) is 40.9 Å². The summed E-state index contributed by atoms with van der Waals surface area (Å²) in [5.74, 6) is 0. The van der Waals surface area contributed by atoms with Crippen LogP contribution in [0.3, 0.4) is 0 Å². The van der Waals surface area contributed by atoms with E-state index in [1.54, 1.807) is 0 Å². The third kappa shape index (κ3) is 3.18. The lowest BCUT2D eigenvalue weighted by molar-refractivity contribution is 1.17. The molecule has 37 heavy (non-hydrogen) atoms. The fourth-order valence-corrected chi connectivity index (χ4v) is 7.92. The van der Waals surface area contributed by atoms with E-state index >= 15 is 0 Å². The number of anilines is 3. The van der Waals surface area contributed by atoms with Crippen LogP contribution < -0.4 is 4.90 Å². The third-order valence-electron chi connectivity index (χ3n) is 7.27. The molecule has 6 aromatic carbocycles. The van der Waals surface area contributed by atoms with Crippen LogP contribution in [-0.4, -0.2) is 0 Å². The molecule has 2 heterocycles. The van der Waals surface area contributed by atoms with Crippen LogP contribution in [0.5, 0.6) is 0 Å². The first-order chi connectivity index (χ1) is 18.4. The smallest absolute Gasteiger partial charge is 0.0601 e. The summed E-state index contributed by atoms with van der Waals surface area (Å²) in [5.41, 5.74) is 6.26. The maximum atomic E-state index is 2.44. The molecule has 3 heteroatoms. The molecule has 0 unspecified atom stereocenters. The van der Waals surface area contributed by atoms with Gasteiger partial charge in [0.05, 0.1) is 17.1 Å². The molecule has 0 saturated carbocycles. The molecule has 0 amide bonds. The van der Waals surface area contributed by atoms with Crippen LogP contribution in [0.1, 0.15) is 0 Å². The monoisotopic (exact) mass is 507 g/mol. The molecule has 1 aromatic heterocycles. The van der Waals surface area contributed by atoms with Crippen molar-refractivity contribution in [2.45, 2.75) is 9.79 Å². The largest absolute Gasteiger partial charge is 0.308 e. The molecule has 7 aromatic rings. The molecule has 1 aliphatic heterocycles. The van der Waals surface area contributed by atoms with Crippen LogP contribution in [0.4, 0.5) is 17.1 Å². The number of para-hydroxylation sites is 2. The van der Waals surface area contributed by atoms with Gasteiger partial charge in [-0.2, -0.15) is 0 Å². The second kappa shape index (κ2) is 8.24. The Hall–Kier alpha value is -4.05. The molecule has 1 aliphatic rings. The average Bonchev–Trinajstić information content (AvgIpc) is 3.35. The van der Waals surface area contributed by atoms with Crippen LogP contribution in [-0.2, 0) is 0 Å². The fraction of sp³-hybridized carbons (Fsp3) is 0.